The number of rotatable bonds is 10. The van der Waals surface area contributed by atoms with E-state index in [1.54, 1.807) is 6.07 Å². The zero-order valence-corrected chi connectivity index (χ0v) is 21.5. The van der Waals surface area contributed by atoms with Gasteiger partial charge in [0, 0.05) is 24.9 Å². The first kappa shape index (κ1) is 26.4. The first-order chi connectivity index (χ1) is 17.8. The maximum absolute atomic E-state index is 13.3. The third-order valence-corrected chi connectivity index (χ3v) is 7.23. The van der Waals surface area contributed by atoms with Crippen LogP contribution in [0, 0.1) is 6.92 Å². The highest BCUT2D eigenvalue weighted by atomic mass is 16.2. The van der Waals surface area contributed by atoms with Crippen LogP contribution in [0.4, 0.5) is 0 Å². The van der Waals surface area contributed by atoms with Crippen LogP contribution >= 0.6 is 0 Å². The van der Waals surface area contributed by atoms with Crippen molar-refractivity contribution in [2.75, 3.05) is 13.1 Å². The van der Waals surface area contributed by atoms with Gasteiger partial charge >= 0.3 is 0 Å². The van der Waals surface area contributed by atoms with Crippen molar-refractivity contribution in [2.45, 2.75) is 63.5 Å². The summed E-state index contributed by atoms with van der Waals surface area (Å²) < 4.78 is 0. The molecule has 0 bridgehead atoms. The van der Waals surface area contributed by atoms with Gasteiger partial charge in [0.1, 0.15) is 11.6 Å². The van der Waals surface area contributed by atoms with E-state index < -0.39 is 11.6 Å². The van der Waals surface area contributed by atoms with Crippen LogP contribution in [-0.4, -0.2) is 42.4 Å². The molecule has 1 spiro atoms. The predicted octanol–water partition coefficient (Wildman–Crippen LogP) is 2.00. The molecule has 3 amide bonds. The summed E-state index contributed by atoms with van der Waals surface area (Å²) in [5, 5.41) is 11.9. The monoisotopic (exact) mass is 503 g/mol. The van der Waals surface area contributed by atoms with Crippen molar-refractivity contribution in [1.82, 2.24) is 21.3 Å². The van der Waals surface area contributed by atoms with Crippen LogP contribution in [0.15, 0.2) is 54.9 Å². The van der Waals surface area contributed by atoms with Gasteiger partial charge in [0.15, 0.2) is 0 Å². The summed E-state index contributed by atoms with van der Waals surface area (Å²) in [6, 6.07) is 12.8. The molecule has 1 aliphatic heterocycles. The number of nitrogens with one attached hydrogen (secondary N) is 4. The normalized spacial score (nSPS) is 19.1. The van der Waals surface area contributed by atoms with Gasteiger partial charge in [0.25, 0.3) is 11.8 Å². The Kier molecular flexibility index (Phi) is 8.28. The number of hydrogen-bond donors (Lipinski definition) is 5. The zero-order chi connectivity index (χ0) is 26.4. The van der Waals surface area contributed by atoms with Gasteiger partial charge in [0.05, 0.1) is 5.82 Å². The van der Waals surface area contributed by atoms with Crippen LogP contribution in [0.5, 0.6) is 0 Å². The lowest BCUT2D eigenvalue weighted by Gasteiger charge is -2.32. The van der Waals surface area contributed by atoms with E-state index in [0.717, 1.165) is 41.5 Å². The third-order valence-electron chi connectivity index (χ3n) is 7.23. The van der Waals surface area contributed by atoms with E-state index in [1.165, 1.54) is 0 Å². The van der Waals surface area contributed by atoms with Crippen LogP contribution in [0.2, 0.25) is 0 Å². The lowest BCUT2D eigenvalue weighted by molar-refractivity contribution is -0.124. The average molecular weight is 504 g/mol. The molecule has 196 valence electrons. The number of fused-ring (bicyclic) bond motifs is 1. The summed E-state index contributed by atoms with van der Waals surface area (Å²) in [5.41, 5.74) is 9.58. The Balaban J connectivity index is 1.45. The summed E-state index contributed by atoms with van der Waals surface area (Å²) in [6.07, 6.45) is 4.96. The van der Waals surface area contributed by atoms with Crippen LogP contribution in [0.3, 0.4) is 0 Å². The van der Waals surface area contributed by atoms with E-state index in [0.29, 0.717) is 50.2 Å². The SMILES string of the molecule is C=C1NC(=O)C2(CCc3cc(C(=O)N[C@H](Cc4ccc(C)cc4)C(=O)NCCCCCN)ccc3C2)N1. The highest BCUT2D eigenvalue weighted by molar-refractivity contribution is 5.98. The summed E-state index contributed by atoms with van der Waals surface area (Å²) in [6.45, 7) is 7.02. The van der Waals surface area contributed by atoms with Gasteiger partial charge in [-0.05, 0) is 68.0 Å². The van der Waals surface area contributed by atoms with Crippen molar-refractivity contribution in [1.29, 1.82) is 0 Å². The van der Waals surface area contributed by atoms with Gasteiger partial charge in [-0.1, -0.05) is 48.9 Å². The molecule has 8 heteroatoms. The molecule has 1 saturated heterocycles. The molecule has 2 aliphatic rings. The molecule has 2 atom stereocenters. The van der Waals surface area contributed by atoms with Crippen molar-refractivity contribution >= 4 is 17.7 Å². The first-order valence-corrected chi connectivity index (χ1v) is 13.0. The molecule has 1 heterocycles. The fourth-order valence-corrected chi connectivity index (χ4v) is 5.06. The maximum atomic E-state index is 13.3. The Morgan fingerprint density at radius 3 is 2.59 bits per heavy atom. The fraction of sp³-hybridized carbons (Fsp3) is 0.414. The van der Waals surface area contributed by atoms with Crippen molar-refractivity contribution in [3.05, 3.63) is 82.7 Å². The lowest BCUT2D eigenvalue weighted by Crippen LogP contribution is -2.50. The van der Waals surface area contributed by atoms with Crippen LogP contribution in [-0.2, 0) is 28.9 Å². The molecule has 1 unspecified atom stereocenters. The quantitative estimate of drug-likeness (QED) is 0.317. The van der Waals surface area contributed by atoms with Crippen molar-refractivity contribution in [2.24, 2.45) is 5.73 Å². The first-order valence-electron chi connectivity index (χ1n) is 13.0. The van der Waals surface area contributed by atoms with E-state index in [2.05, 4.69) is 27.8 Å². The van der Waals surface area contributed by atoms with Gasteiger partial charge in [-0.2, -0.15) is 0 Å². The Hall–Kier alpha value is -3.65. The standard InChI is InChI=1S/C29H37N5O3/c1-19-6-8-21(9-7-19)16-25(27(36)31-15-5-3-4-14-30)33-26(35)23-10-11-24-18-29(13-12-22(24)17-23)28(37)32-20(2)34-29/h6-11,17,25,34H,2-5,12-16,18,30H2,1H3,(H,31,36)(H,32,37)(H,33,35)/t25-,29?/m1/s1. The molecule has 0 aromatic heterocycles. The van der Waals surface area contributed by atoms with Gasteiger partial charge in [-0.15, -0.1) is 0 Å². The second-order valence-corrected chi connectivity index (χ2v) is 10.2. The molecule has 2 aromatic rings. The Morgan fingerprint density at radius 2 is 1.89 bits per heavy atom. The molecule has 6 N–H and O–H groups in total. The summed E-state index contributed by atoms with van der Waals surface area (Å²) >= 11 is 0. The van der Waals surface area contributed by atoms with E-state index in [4.69, 9.17) is 5.73 Å². The Labute approximate surface area is 218 Å². The fourth-order valence-electron chi connectivity index (χ4n) is 5.06. The molecular weight excluding hydrogens is 466 g/mol. The molecule has 2 aromatic carbocycles. The van der Waals surface area contributed by atoms with Crippen molar-refractivity contribution in [3.8, 4) is 0 Å². The highest BCUT2D eigenvalue weighted by Gasteiger charge is 2.45. The third kappa shape index (κ3) is 6.38. The largest absolute Gasteiger partial charge is 0.358 e. The molecule has 0 saturated carbocycles. The number of carbonyl (C=O) groups excluding carboxylic acids is 3. The molecule has 8 nitrogen and oxygen atoms in total. The molecule has 0 radical (unpaired) electrons. The van der Waals surface area contributed by atoms with Crippen molar-refractivity contribution in [3.63, 3.8) is 0 Å². The van der Waals surface area contributed by atoms with Gasteiger partial charge in [0.2, 0.25) is 5.91 Å². The predicted molar refractivity (Wildman–Crippen MR) is 144 cm³/mol. The van der Waals surface area contributed by atoms with Gasteiger partial charge < -0.3 is 27.0 Å². The number of unbranched alkanes of at least 4 members (excludes halogenated alkanes) is 2. The average Bonchev–Trinajstić information content (AvgIpc) is 3.15. The maximum Gasteiger partial charge on any atom is 0.251 e. The van der Waals surface area contributed by atoms with Gasteiger partial charge in [-0.25, -0.2) is 0 Å². The van der Waals surface area contributed by atoms with Crippen LogP contribution in [0.25, 0.3) is 0 Å². The minimum atomic E-state index is -0.693. The summed E-state index contributed by atoms with van der Waals surface area (Å²) in [5.74, 6) is -0.0107. The summed E-state index contributed by atoms with van der Waals surface area (Å²) in [7, 11) is 0. The topological polar surface area (TPSA) is 125 Å². The minimum Gasteiger partial charge on any atom is -0.358 e. The smallest absolute Gasteiger partial charge is 0.251 e. The van der Waals surface area contributed by atoms with Crippen molar-refractivity contribution < 1.29 is 14.4 Å². The highest BCUT2D eigenvalue weighted by Crippen LogP contribution is 2.32. The molecule has 1 fully saturated rings. The number of nitrogens with two attached hydrogens (primary N) is 1. The molecule has 4 rings (SSSR count). The second-order valence-electron chi connectivity index (χ2n) is 10.2. The molecule has 1 aliphatic carbocycles. The number of benzene rings is 2. The zero-order valence-electron chi connectivity index (χ0n) is 21.5. The van der Waals surface area contributed by atoms with Crippen LogP contribution < -0.4 is 27.0 Å². The number of carbonyl (C=O) groups is 3. The second kappa shape index (κ2) is 11.6. The number of amides is 3. The number of aryl methyl sites for hydroxylation is 2. The number of hydrogen-bond acceptors (Lipinski definition) is 5. The Bertz CT molecular complexity index is 1180. The van der Waals surface area contributed by atoms with E-state index in [-0.39, 0.29) is 17.7 Å². The van der Waals surface area contributed by atoms with Crippen LogP contribution in [0.1, 0.15) is 58.3 Å². The summed E-state index contributed by atoms with van der Waals surface area (Å²) in [4.78, 5) is 38.8. The molecule has 37 heavy (non-hydrogen) atoms. The molecular formula is C29H37N5O3. The van der Waals surface area contributed by atoms with E-state index in [1.807, 2.05) is 43.3 Å². The van der Waals surface area contributed by atoms with E-state index in [9.17, 15) is 14.4 Å². The Morgan fingerprint density at radius 1 is 1.11 bits per heavy atom. The minimum absolute atomic E-state index is 0.0574. The van der Waals surface area contributed by atoms with Gasteiger partial charge in [-0.3, -0.25) is 14.4 Å². The lowest BCUT2D eigenvalue weighted by atomic mass is 9.77. The van der Waals surface area contributed by atoms with E-state index >= 15 is 0 Å².